The number of nitrogens with one attached hydrogen (secondary N) is 1. The van der Waals surface area contributed by atoms with E-state index in [1.54, 1.807) is 18.2 Å². The van der Waals surface area contributed by atoms with Gasteiger partial charge in [-0.1, -0.05) is 37.6 Å². The van der Waals surface area contributed by atoms with Crippen LogP contribution in [0.3, 0.4) is 0 Å². The van der Waals surface area contributed by atoms with Crippen LogP contribution in [0, 0.1) is 0 Å². The van der Waals surface area contributed by atoms with Crippen LogP contribution in [0.25, 0.3) is 0 Å². The molecule has 1 atom stereocenters. The molecule has 5 heteroatoms. The Balaban J connectivity index is 2.69. The molecule has 0 amide bonds. The maximum Gasteiger partial charge on any atom is 0.261 e. The fraction of sp³-hybridized carbons (Fsp3) is 0.538. The van der Waals surface area contributed by atoms with E-state index in [1.807, 2.05) is 19.9 Å². The first-order valence-corrected chi connectivity index (χ1v) is 6.25. The van der Waals surface area contributed by atoms with Crippen molar-refractivity contribution in [1.29, 1.82) is 0 Å². The highest BCUT2D eigenvalue weighted by atomic mass is 35.5. The second-order valence-electron chi connectivity index (χ2n) is 4.33. The largest absolute Gasteiger partial charge is 0.366 e. The van der Waals surface area contributed by atoms with Gasteiger partial charge in [-0.3, -0.25) is 0 Å². The lowest BCUT2D eigenvalue weighted by molar-refractivity contribution is -0.0251. The quantitative estimate of drug-likeness (QED) is 0.821. The summed E-state index contributed by atoms with van der Waals surface area (Å²) in [6.07, 6.45) is -2.88. The smallest absolute Gasteiger partial charge is 0.261 e. The molecule has 0 saturated carbocycles. The van der Waals surface area contributed by atoms with E-state index in [-0.39, 0.29) is 6.04 Å². The Labute approximate surface area is 111 Å². The number of alkyl halides is 2. The Morgan fingerprint density at radius 2 is 2.06 bits per heavy atom. The van der Waals surface area contributed by atoms with Crippen molar-refractivity contribution in [2.75, 3.05) is 13.2 Å². The Bertz CT molecular complexity index is 349. The summed E-state index contributed by atoms with van der Waals surface area (Å²) in [6.45, 7) is 3.88. The van der Waals surface area contributed by atoms with Crippen molar-refractivity contribution >= 4 is 11.6 Å². The molecule has 0 aromatic heterocycles. The molecule has 0 saturated heterocycles. The molecular weight excluding hydrogens is 260 g/mol. The van der Waals surface area contributed by atoms with Crippen LogP contribution in [-0.4, -0.2) is 25.6 Å². The van der Waals surface area contributed by atoms with Crippen LogP contribution in [0.15, 0.2) is 24.3 Å². The third-order valence-corrected chi connectivity index (χ3v) is 2.59. The fourth-order valence-corrected chi connectivity index (χ4v) is 1.71. The fourth-order valence-electron chi connectivity index (χ4n) is 1.51. The molecule has 1 aromatic rings. The first kappa shape index (κ1) is 15.3. The lowest BCUT2D eigenvalue weighted by atomic mass is 10.1. The third-order valence-electron chi connectivity index (χ3n) is 2.36. The zero-order valence-corrected chi connectivity index (χ0v) is 11.3. The Hall–Kier alpha value is -0.710. The van der Waals surface area contributed by atoms with Crippen molar-refractivity contribution in [3.63, 3.8) is 0 Å². The molecule has 0 heterocycles. The van der Waals surface area contributed by atoms with Gasteiger partial charge in [-0.2, -0.15) is 0 Å². The van der Waals surface area contributed by atoms with Gasteiger partial charge in [0.15, 0.2) is 0 Å². The molecule has 1 N–H and O–H groups in total. The highest BCUT2D eigenvalue weighted by Crippen LogP contribution is 2.21. The third kappa shape index (κ3) is 5.76. The van der Waals surface area contributed by atoms with Crippen molar-refractivity contribution in [2.24, 2.45) is 0 Å². The summed E-state index contributed by atoms with van der Waals surface area (Å²) in [5, 5.41) is 3.75. The van der Waals surface area contributed by atoms with Gasteiger partial charge < -0.3 is 10.1 Å². The number of halogens is 3. The molecule has 102 valence electrons. The van der Waals surface area contributed by atoms with Gasteiger partial charge in [-0.25, -0.2) is 8.78 Å². The van der Waals surface area contributed by atoms with E-state index in [1.165, 1.54) is 0 Å². The zero-order valence-electron chi connectivity index (χ0n) is 10.5. The minimum atomic E-state index is -2.47. The van der Waals surface area contributed by atoms with Crippen LogP contribution in [-0.2, 0) is 4.74 Å². The second kappa shape index (κ2) is 7.67. The predicted octanol–water partition coefficient (Wildman–Crippen LogP) is 3.66. The van der Waals surface area contributed by atoms with Gasteiger partial charge >= 0.3 is 0 Å². The molecular formula is C13H18ClF2NO. The van der Waals surface area contributed by atoms with Crippen molar-refractivity contribution in [3.8, 4) is 0 Å². The normalized spacial score (nSPS) is 13.3. The summed E-state index contributed by atoms with van der Waals surface area (Å²) in [5.74, 6) is 0. The van der Waals surface area contributed by atoms with E-state index in [2.05, 4.69) is 5.32 Å². The van der Waals surface area contributed by atoms with Crippen LogP contribution >= 0.6 is 11.6 Å². The SMILES string of the molecule is CC(C)NCC(OCC(F)F)c1cccc(Cl)c1. The number of ether oxygens (including phenoxy) is 1. The molecule has 0 aliphatic rings. The van der Waals surface area contributed by atoms with Crippen molar-refractivity contribution in [1.82, 2.24) is 5.32 Å². The predicted molar refractivity (Wildman–Crippen MR) is 69.3 cm³/mol. The topological polar surface area (TPSA) is 21.3 Å². The highest BCUT2D eigenvalue weighted by molar-refractivity contribution is 6.30. The summed E-state index contributed by atoms with van der Waals surface area (Å²) >= 11 is 5.89. The Morgan fingerprint density at radius 3 is 2.61 bits per heavy atom. The summed E-state index contributed by atoms with van der Waals surface area (Å²) in [6, 6.07) is 7.35. The van der Waals surface area contributed by atoms with Gasteiger partial charge in [0.2, 0.25) is 0 Å². The summed E-state index contributed by atoms with van der Waals surface area (Å²) in [7, 11) is 0. The monoisotopic (exact) mass is 277 g/mol. The minimum Gasteiger partial charge on any atom is -0.366 e. The summed E-state index contributed by atoms with van der Waals surface area (Å²) in [4.78, 5) is 0. The van der Waals surface area contributed by atoms with Crippen LogP contribution in [0.1, 0.15) is 25.5 Å². The van der Waals surface area contributed by atoms with E-state index in [0.717, 1.165) is 5.56 Å². The Kier molecular flexibility index (Phi) is 6.54. The maximum atomic E-state index is 12.2. The van der Waals surface area contributed by atoms with E-state index in [4.69, 9.17) is 16.3 Å². The van der Waals surface area contributed by atoms with Gasteiger partial charge in [0, 0.05) is 17.6 Å². The molecule has 0 spiro atoms. The molecule has 0 aliphatic heterocycles. The van der Waals surface area contributed by atoms with Gasteiger partial charge in [-0.15, -0.1) is 0 Å². The van der Waals surface area contributed by atoms with Gasteiger partial charge in [0.05, 0.1) is 6.10 Å². The highest BCUT2D eigenvalue weighted by Gasteiger charge is 2.15. The van der Waals surface area contributed by atoms with E-state index < -0.39 is 19.1 Å². The number of hydrogen-bond acceptors (Lipinski definition) is 2. The lowest BCUT2D eigenvalue weighted by Gasteiger charge is -2.20. The van der Waals surface area contributed by atoms with Crippen molar-refractivity contribution in [3.05, 3.63) is 34.9 Å². The van der Waals surface area contributed by atoms with Crippen molar-refractivity contribution < 1.29 is 13.5 Å². The number of benzene rings is 1. The minimum absolute atomic E-state index is 0.266. The van der Waals surface area contributed by atoms with Gasteiger partial charge in [0.25, 0.3) is 6.43 Å². The molecule has 0 bridgehead atoms. The van der Waals surface area contributed by atoms with Crippen LogP contribution in [0.4, 0.5) is 8.78 Å². The first-order valence-electron chi connectivity index (χ1n) is 5.87. The molecule has 2 nitrogen and oxygen atoms in total. The molecule has 18 heavy (non-hydrogen) atoms. The molecule has 0 fully saturated rings. The molecule has 1 unspecified atom stereocenters. The lowest BCUT2D eigenvalue weighted by Crippen LogP contribution is -2.30. The number of rotatable bonds is 7. The average molecular weight is 278 g/mol. The van der Waals surface area contributed by atoms with Crippen LogP contribution < -0.4 is 5.32 Å². The van der Waals surface area contributed by atoms with Crippen LogP contribution in [0.2, 0.25) is 5.02 Å². The van der Waals surface area contributed by atoms with E-state index in [0.29, 0.717) is 11.6 Å². The standard InChI is InChI=1S/C13H18ClF2NO/c1-9(2)17-7-12(18-8-13(15)16)10-4-3-5-11(14)6-10/h3-6,9,12-13,17H,7-8H2,1-2H3. The van der Waals surface area contributed by atoms with Crippen molar-refractivity contribution in [2.45, 2.75) is 32.4 Å². The number of hydrogen-bond donors (Lipinski definition) is 1. The first-order chi connectivity index (χ1) is 8.49. The summed E-state index contributed by atoms with van der Waals surface area (Å²) in [5.41, 5.74) is 0.802. The van der Waals surface area contributed by atoms with E-state index in [9.17, 15) is 8.78 Å². The van der Waals surface area contributed by atoms with Crippen LogP contribution in [0.5, 0.6) is 0 Å². The van der Waals surface area contributed by atoms with Gasteiger partial charge in [0.1, 0.15) is 6.61 Å². The second-order valence-corrected chi connectivity index (χ2v) is 4.77. The maximum absolute atomic E-state index is 12.2. The Morgan fingerprint density at radius 1 is 1.33 bits per heavy atom. The molecule has 0 radical (unpaired) electrons. The van der Waals surface area contributed by atoms with Gasteiger partial charge in [-0.05, 0) is 17.7 Å². The molecule has 0 aliphatic carbocycles. The molecule has 1 rings (SSSR count). The summed E-state index contributed by atoms with van der Waals surface area (Å²) < 4.78 is 29.7. The molecule has 1 aromatic carbocycles. The average Bonchev–Trinajstić information content (AvgIpc) is 2.28. The zero-order chi connectivity index (χ0) is 13.5. The van der Waals surface area contributed by atoms with E-state index >= 15 is 0 Å².